The molecule has 0 radical (unpaired) electrons. The first-order valence-electron chi connectivity index (χ1n) is 9.79. The Morgan fingerprint density at radius 3 is 2.28 bits per heavy atom. The predicted octanol–water partition coefficient (Wildman–Crippen LogP) is 2.40. The fraction of sp³-hybridized carbons (Fsp3) is 0.364. The highest BCUT2D eigenvalue weighted by molar-refractivity contribution is 7.90. The molecule has 2 aromatic carbocycles. The number of anilines is 1. The van der Waals surface area contributed by atoms with Crippen molar-refractivity contribution < 1.29 is 32.2 Å². The summed E-state index contributed by atoms with van der Waals surface area (Å²) >= 11 is 0. The van der Waals surface area contributed by atoms with E-state index in [1.165, 1.54) is 26.2 Å². The van der Waals surface area contributed by atoms with Crippen molar-refractivity contribution in [3.63, 3.8) is 0 Å². The minimum atomic E-state index is -3.35. The van der Waals surface area contributed by atoms with E-state index < -0.39 is 27.9 Å². The normalized spacial score (nSPS) is 11.9. The van der Waals surface area contributed by atoms with Crippen LogP contribution in [-0.4, -0.2) is 59.7 Å². The molecule has 1 N–H and O–H groups in total. The van der Waals surface area contributed by atoms with E-state index in [0.29, 0.717) is 17.2 Å². The first kappa shape index (κ1) is 25.0. The van der Waals surface area contributed by atoms with Crippen molar-refractivity contribution >= 4 is 27.5 Å². The molecular weight excluding hydrogens is 436 g/mol. The topological polar surface area (TPSA) is 111 Å². The molecule has 0 saturated heterocycles. The van der Waals surface area contributed by atoms with E-state index in [1.54, 1.807) is 30.3 Å². The van der Waals surface area contributed by atoms with Crippen LogP contribution in [0.3, 0.4) is 0 Å². The monoisotopic (exact) mass is 464 g/mol. The summed E-state index contributed by atoms with van der Waals surface area (Å²) in [5.74, 6) is 0.140. The zero-order valence-corrected chi connectivity index (χ0v) is 19.3. The summed E-state index contributed by atoms with van der Waals surface area (Å²) in [7, 11) is 1.14. The van der Waals surface area contributed by atoms with E-state index in [1.807, 2.05) is 18.2 Å². The molecule has 2 amide bonds. The summed E-state index contributed by atoms with van der Waals surface area (Å²) < 4.78 is 39.0. The Labute approximate surface area is 188 Å². The molecule has 174 valence electrons. The van der Waals surface area contributed by atoms with Crippen LogP contribution in [0, 0.1) is 0 Å². The van der Waals surface area contributed by atoms with Crippen LogP contribution < -0.4 is 19.7 Å². The zero-order chi connectivity index (χ0) is 23.7. The Morgan fingerprint density at radius 1 is 1.03 bits per heavy atom. The van der Waals surface area contributed by atoms with Crippen LogP contribution in [0.4, 0.5) is 10.5 Å². The lowest BCUT2D eigenvalue weighted by Crippen LogP contribution is -2.48. The average Bonchev–Trinajstić information content (AvgIpc) is 2.79. The molecule has 0 bridgehead atoms. The molecular formula is C22H28N2O7S. The van der Waals surface area contributed by atoms with Crippen LogP contribution in [0.15, 0.2) is 48.5 Å². The molecule has 0 fully saturated rings. The molecule has 0 aliphatic rings. The van der Waals surface area contributed by atoms with Gasteiger partial charge in [0.15, 0.2) is 11.5 Å². The molecule has 0 aromatic heterocycles. The number of nitrogens with one attached hydrogen (secondary N) is 1. The molecule has 1 atom stereocenters. The maximum atomic E-state index is 13.1. The summed E-state index contributed by atoms with van der Waals surface area (Å²) in [6.07, 6.45) is 0.150. The SMILES string of the molecule is COc1ccc(N(C)C(=O)C(CCS(C)(=O)=O)NC(=O)OCc2ccccc2)cc1OC. The number of amides is 2. The third-order valence-electron chi connectivity index (χ3n) is 4.67. The molecule has 0 spiro atoms. The van der Waals surface area contributed by atoms with Crippen LogP contribution in [0.2, 0.25) is 0 Å². The third kappa shape index (κ3) is 7.45. The number of methoxy groups -OCH3 is 2. The van der Waals surface area contributed by atoms with Crippen molar-refractivity contribution in [2.24, 2.45) is 0 Å². The van der Waals surface area contributed by atoms with E-state index in [-0.39, 0.29) is 18.8 Å². The fourth-order valence-corrected chi connectivity index (χ4v) is 3.55. The van der Waals surface area contributed by atoms with Gasteiger partial charge >= 0.3 is 6.09 Å². The highest BCUT2D eigenvalue weighted by Gasteiger charge is 2.27. The Hall–Kier alpha value is -3.27. The number of sulfone groups is 1. The maximum Gasteiger partial charge on any atom is 0.408 e. The lowest BCUT2D eigenvalue weighted by molar-refractivity contribution is -0.120. The van der Waals surface area contributed by atoms with Gasteiger partial charge in [-0.2, -0.15) is 0 Å². The van der Waals surface area contributed by atoms with Gasteiger partial charge in [-0.15, -0.1) is 0 Å². The van der Waals surface area contributed by atoms with Crippen molar-refractivity contribution in [3.05, 3.63) is 54.1 Å². The van der Waals surface area contributed by atoms with Gasteiger partial charge in [-0.1, -0.05) is 30.3 Å². The molecule has 0 saturated carbocycles. The summed E-state index contributed by atoms with van der Waals surface area (Å²) in [6, 6.07) is 12.9. The van der Waals surface area contributed by atoms with Crippen molar-refractivity contribution in [1.82, 2.24) is 5.32 Å². The molecule has 1 unspecified atom stereocenters. The minimum Gasteiger partial charge on any atom is -0.493 e. The third-order valence-corrected chi connectivity index (χ3v) is 5.64. The molecule has 10 heteroatoms. The van der Waals surface area contributed by atoms with Crippen molar-refractivity contribution in [2.45, 2.75) is 19.1 Å². The first-order chi connectivity index (χ1) is 15.1. The number of ether oxygens (including phenoxy) is 3. The van der Waals surface area contributed by atoms with Gasteiger partial charge in [-0.05, 0) is 24.1 Å². The second-order valence-electron chi connectivity index (χ2n) is 7.11. The van der Waals surface area contributed by atoms with Gasteiger partial charge in [0, 0.05) is 25.1 Å². The largest absolute Gasteiger partial charge is 0.493 e. The number of likely N-dealkylation sites (N-methyl/N-ethyl adjacent to an activating group) is 1. The standard InChI is InChI=1S/C22H28N2O7S/c1-24(17-10-11-19(29-2)20(14-17)30-3)21(25)18(12-13-32(4,27)28)23-22(26)31-15-16-8-6-5-7-9-16/h5-11,14,18H,12-13,15H2,1-4H3,(H,23,26). The van der Waals surface area contributed by atoms with Crippen LogP contribution in [0.25, 0.3) is 0 Å². The van der Waals surface area contributed by atoms with Crippen LogP contribution in [0.5, 0.6) is 11.5 Å². The Bertz CT molecular complexity index is 1030. The molecule has 0 heterocycles. The fourth-order valence-electron chi connectivity index (χ4n) is 2.89. The van der Waals surface area contributed by atoms with Gasteiger partial charge in [0.05, 0.1) is 20.0 Å². The molecule has 9 nitrogen and oxygen atoms in total. The molecule has 2 rings (SSSR count). The number of rotatable bonds is 10. The van der Waals surface area contributed by atoms with Gasteiger partial charge < -0.3 is 24.4 Å². The Balaban J connectivity index is 2.15. The van der Waals surface area contributed by atoms with E-state index in [4.69, 9.17) is 14.2 Å². The number of carbonyl (C=O) groups is 2. The Kier molecular flexibility index (Phi) is 8.89. The predicted molar refractivity (Wildman–Crippen MR) is 121 cm³/mol. The van der Waals surface area contributed by atoms with E-state index in [9.17, 15) is 18.0 Å². The van der Waals surface area contributed by atoms with Crippen LogP contribution in [0.1, 0.15) is 12.0 Å². The summed E-state index contributed by atoms with van der Waals surface area (Å²) in [5.41, 5.74) is 1.26. The van der Waals surface area contributed by atoms with Gasteiger partial charge in [0.1, 0.15) is 22.5 Å². The number of carbonyl (C=O) groups excluding carboxylic acids is 2. The van der Waals surface area contributed by atoms with E-state index in [2.05, 4.69) is 5.32 Å². The quantitative estimate of drug-likeness (QED) is 0.575. The number of alkyl carbamates (subject to hydrolysis) is 1. The number of nitrogens with zero attached hydrogens (tertiary/aromatic N) is 1. The number of hydrogen-bond acceptors (Lipinski definition) is 7. The van der Waals surface area contributed by atoms with Crippen LogP contribution in [-0.2, 0) is 26.0 Å². The number of hydrogen-bond donors (Lipinski definition) is 1. The average molecular weight is 465 g/mol. The smallest absolute Gasteiger partial charge is 0.408 e. The number of benzene rings is 2. The highest BCUT2D eigenvalue weighted by atomic mass is 32.2. The van der Waals surface area contributed by atoms with Gasteiger partial charge in [-0.3, -0.25) is 4.79 Å². The molecule has 2 aromatic rings. The summed E-state index contributed by atoms with van der Waals surface area (Å²) in [5, 5.41) is 2.49. The summed E-state index contributed by atoms with van der Waals surface area (Å²) in [4.78, 5) is 26.7. The lowest BCUT2D eigenvalue weighted by Gasteiger charge is -2.25. The lowest BCUT2D eigenvalue weighted by atomic mass is 10.1. The van der Waals surface area contributed by atoms with E-state index in [0.717, 1.165) is 11.8 Å². The minimum absolute atomic E-state index is 0.0190. The molecule has 32 heavy (non-hydrogen) atoms. The van der Waals surface area contributed by atoms with Crippen LogP contribution >= 0.6 is 0 Å². The van der Waals surface area contributed by atoms with Crippen molar-refractivity contribution in [3.8, 4) is 11.5 Å². The zero-order valence-electron chi connectivity index (χ0n) is 18.5. The summed E-state index contributed by atoms with van der Waals surface area (Å²) in [6.45, 7) is 0.0190. The Morgan fingerprint density at radius 2 is 1.69 bits per heavy atom. The van der Waals surface area contributed by atoms with Gasteiger partial charge in [0.25, 0.3) is 0 Å². The molecule has 0 aliphatic carbocycles. The highest BCUT2D eigenvalue weighted by Crippen LogP contribution is 2.31. The van der Waals surface area contributed by atoms with E-state index >= 15 is 0 Å². The second-order valence-corrected chi connectivity index (χ2v) is 9.37. The van der Waals surface area contributed by atoms with Gasteiger partial charge in [0.2, 0.25) is 5.91 Å². The van der Waals surface area contributed by atoms with Crippen molar-refractivity contribution in [1.29, 1.82) is 0 Å². The molecule has 0 aliphatic heterocycles. The van der Waals surface area contributed by atoms with Crippen molar-refractivity contribution in [2.75, 3.05) is 38.2 Å². The van der Waals surface area contributed by atoms with Gasteiger partial charge in [-0.25, -0.2) is 13.2 Å². The first-order valence-corrected chi connectivity index (χ1v) is 11.8. The maximum absolute atomic E-state index is 13.1. The second kappa shape index (κ2) is 11.4.